The van der Waals surface area contributed by atoms with E-state index in [1.165, 1.54) is 24.3 Å². The van der Waals surface area contributed by atoms with Crippen molar-refractivity contribution in [2.45, 2.75) is 57.6 Å². The molecule has 0 heterocycles. The van der Waals surface area contributed by atoms with Gasteiger partial charge in [0.05, 0.1) is 10.9 Å². The van der Waals surface area contributed by atoms with E-state index in [0.29, 0.717) is 12.1 Å². The topological polar surface area (TPSA) is 149 Å². The smallest absolute Gasteiger partial charge is 0.408 e. The molecule has 1 atom stereocenters. The largest absolute Gasteiger partial charge is 0.444 e. The molecule has 0 saturated carbocycles. The Morgan fingerprint density at radius 2 is 1.74 bits per heavy atom. The molecule has 0 bridgehead atoms. The second kappa shape index (κ2) is 11.0. The number of amides is 2. The predicted octanol–water partition coefficient (Wildman–Crippen LogP) is 2.26. The molecule has 0 spiro atoms. The molecule has 0 radical (unpaired) electrons. The van der Waals surface area contributed by atoms with Crippen LogP contribution in [0.2, 0.25) is 0 Å². The van der Waals surface area contributed by atoms with Gasteiger partial charge in [-0.15, -0.1) is 0 Å². The number of anilines is 1. The van der Waals surface area contributed by atoms with Crippen molar-refractivity contribution in [1.29, 1.82) is 0 Å². The number of sulfone groups is 1. The first-order valence-corrected chi connectivity index (χ1v) is 11.6. The van der Waals surface area contributed by atoms with Crippen molar-refractivity contribution in [1.82, 2.24) is 5.32 Å². The first-order valence-electron chi connectivity index (χ1n) is 9.72. The number of oxime groups is 1. The van der Waals surface area contributed by atoms with Crippen LogP contribution in [-0.4, -0.2) is 50.8 Å². The molecule has 0 aliphatic heterocycles. The van der Waals surface area contributed by atoms with Crippen LogP contribution in [0, 0.1) is 5.92 Å². The lowest BCUT2D eigenvalue weighted by Crippen LogP contribution is -2.47. The molecule has 1 unspecified atom stereocenters. The van der Waals surface area contributed by atoms with Crippen LogP contribution in [-0.2, 0) is 24.2 Å². The van der Waals surface area contributed by atoms with Crippen molar-refractivity contribution in [2.24, 2.45) is 16.8 Å². The van der Waals surface area contributed by atoms with E-state index in [2.05, 4.69) is 15.8 Å². The summed E-state index contributed by atoms with van der Waals surface area (Å²) < 4.78 is 28.2. The van der Waals surface area contributed by atoms with Crippen molar-refractivity contribution < 1.29 is 27.6 Å². The Kier molecular flexibility index (Phi) is 9.29. The fraction of sp³-hybridized carbons (Fsp3) is 0.550. The maximum atomic E-state index is 12.0. The Hall–Kier alpha value is -2.82. The highest BCUT2D eigenvalue weighted by atomic mass is 32.2. The number of hydrogen-bond donors (Lipinski definition) is 3. The summed E-state index contributed by atoms with van der Waals surface area (Å²) in [5.74, 6) is -0.305. The van der Waals surface area contributed by atoms with Gasteiger partial charge < -0.3 is 25.9 Å². The normalized spacial score (nSPS) is 13.5. The summed E-state index contributed by atoms with van der Waals surface area (Å²) in [5.41, 5.74) is 5.69. The number of benzene rings is 1. The monoisotopic (exact) mass is 456 g/mol. The summed E-state index contributed by atoms with van der Waals surface area (Å²) in [4.78, 5) is 29.2. The molecular weight excluding hydrogens is 424 g/mol. The molecule has 0 saturated heterocycles. The van der Waals surface area contributed by atoms with E-state index in [9.17, 15) is 18.0 Å². The molecule has 11 heteroatoms. The van der Waals surface area contributed by atoms with Gasteiger partial charge in [-0.1, -0.05) is 19.0 Å². The predicted molar refractivity (Wildman–Crippen MR) is 118 cm³/mol. The number of nitrogens with one attached hydrogen (secondary N) is 2. The van der Waals surface area contributed by atoms with Crippen molar-refractivity contribution in [3.8, 4) is 0 Å². The molecule has 0 fully saturated rings. The first kappa shape index (κ1) is 26.2. The van der Waals surface area contributed by atoms with E-state index in [0.717, 1.165) is 6.26 Å². The summed E-state index contributed by atoms with van der Waals surface area (Å²) >= 11 is 0. The van der Waals surface area contributed by atoms with Crippen molar-refractivity contribution in [2.75, 3.05) is 18.2 Å². The molecular formula is C20H32N4O6S. The third-order valence-electron chi connectivity index (χ3n) is 3.69. The quantitative estimate of drug-likeness (QED) is 0.293. The minimum absolute atomic E-state index is 0.00450. The van der Waals surface area contributed by atoms with Crippen LogP contribution in [0.3, 0.4) is 0 Å². The van der Waals surface area contributed by atoms with Gasteiger partial charge in [-0.25, -0.2) is 13.2 Å². The Morgan fingerprint density at radius 3 is 2.23 bits per heavy atom. The maximum Gasteiger partial charge on any atom is 0.408 e. The van der Waals surface area contributed by atoms with Gasteiger partial charge >= 0.3 is 6.09 Å². The number of ether oxygens (including phenoxy) is 1. The van der Waals surface area contributed by atoms with Gasteiger partial charge in [0.25, 0.3) is 5.91 Å². The third-order valence-corrected chi connectivity index (χ3v) is 4.82. The van der Waals surface area contributed by atoms with E-state index in [4.69, 9.17) is 15.3 Å². The Morgan fingerprint density at radius 1 is 1.16 bits per heavy atom. The lowest BCUT2D eigenvalue weighted by molar-refractivity contribution is -0.120. The van der Waals surface area contributed by atoms with E-state index in [1.54, 1.807) is 20.8 Å². The fourth-order valence-electron chi connectivity index (χ4n) is 2.39. The summed E-state index contributed by atoms with van der Waals surface area (Å²) in [6, 6.07) is 5.09. The summed E-state index contributed by atoms with van der Waals surface area (Å²) in [5, 5.41) is 8.95. The number of nitrogens with zero attached hydrogens (tertiary/aromatic N) is 1. The van der Waals surface area contributed by atoms with Crippen LogP contribution in [0.5, 0.6) is 0 Å². The van der Waals surface area contributed by atoms with Crippen molar-refractivity contribution >= 4 is 33.4 Å². The van der Waals surface area contributed by atoms with Crippen molar-refractivity contribution in [3.05, 3.63) is 24.3 Å². The zero-order valence-corrected chi connectivity index (χ0v) is 19.6. The number of carbonyl (C=O) groups excluding carboxylic acids is 2. The van der Waals surface area contributed by atoms with Gasteiger partial charge in [0.15, 0.2) is 22.3 Å². The molecule has 1 aromatic carbocycles. The number of carbonyl (C=O) groups is 2. The highest BCUT2D eigenvalue weighted by molar-refractivity contribution is 7.90. The zero-order chi connectivity index (χ0) is 23.8. The van der Waals surface area contributed by atoms with E-state index in [1.807, 2.05) is 13.8 Å². The zero-order valence-electron chi connectivity index (χ0n) is 18.8. The third kappa shape index (κ3) is 10.7. The SMILES string of the molecule is CC(C)CC(NC(=O)OC(C)(C)C)/C(N)=N/OCC(=O)Nc1ccc(S(C)(=O)=O)cc1. The lowest BCUT2D eigenvalue weighted by atomic mass is 10.0. The van der Waals surface area contributed by atoms with Gasteiger partial charge in [0, 0.05) is 11.9 Å². The van der Waals surface area contributed by atoms with Crippen LogP contribution in [0.4, 0.5) is 10.5 Å². The molecule has 0 aliphatic carbocycles. The summed E-state index contributed by atoms with van der Waals surface area (Å²) in [7, 11) is -3.32. The van der Waals surface area contributed by atoms with Crippen LogP contribution >= 0.6 is 0 Å². The molecule has 4 N–H and O–H groups in total. The molecule has 10 nitrogen and oxygen atoms in total. The first-order chi connectivity index (χ1) is 14.2. The van der Waals surface area contributed by atoms with E-state index < -0.39 is 40.1 Å². The molecule has 0 aliphatic rings. The molecule has 174 valence electrons. The molecule has 1 rings (SSSR count). The fourth-order valence-corrected chi connectivity index (χ4v) is 3.02. The van der Waals surface area contributed by atoms with Gasteiger partial charge in [0.1, 0.15) is 5.60 Å². The van der Waals surface area contributed by atoms with Crippen LogP contribution in [0.1, 0.15) is 41.0 Å². The van der Waals surface area contributed by atoms with E-state index >= 15 is 0 Å². The second-order valence-corrected chi connectivity index (χ2v) is 10.5. The lowest BCUT2D eigenvalue weighted by Gasteiger charge is -2.24. The average Bonchev–Trinajstić information content (AvgIpc) is 2.58. The molecule has 1 aromatic rings. The van der Waals surface area contributed by atoms with Gasteiger partial charge in [0.2, 0.25) is 0 Å². The van der Waals surface area contributed by atoms with Crippen LogP contribution in [0.25, 0.3) is 0 Å². The number of rotatable bonds is 9. The van der Waals surface area contributed by atoms with Gasteiger partial charge in [-0.3, -0.25) is 4.79 Å². The second-order valence-electron chi connectivity index (χ2n) is 8.46. The summed E-state index contributed by atoms with van der Waals surface area (Å²) in [6.07, 6.45) is 0.962. The Labute approximate surface area is 183 Å². The standard InChI is InChI=1S/C20H32N4O6S/c1-13(2)11-16(23-19(26)30-20(3,4)5)18(21)24-29-12-17(25)22-14-7-9-15(10-8-14)31(6,27)28/h7-10,13,16H,11-12H2,1-6H3,(H2,21,24)(H,22,25)(H,23,26). The minimum Gasteiger partial charge on any atom is -0.444 e. The van der Waals surface area contributed by atoms with E-state index in [-0.39, 0.29) is 16.6 Å². The highest BCUT2D eigenvalue weighted by Crippen LogP contribution is 2.14. The molecule has 2 amide bonds. The van der Waals surface area contributed by atoms with Crippen LogP contribution < -0.4 is 16.4 Å². The van der Waals surface area contributed by atoms with Crippen molar-refractivity contribution in [3.63, 3.8) is 0 Å². The summed E-state index contributed by atoms with van der Waals surface area (Å²) in [6.45, 7) is 8.74. The number of alkyl carbamates (subject to hydrolysis) is 1. The van der Waals surface area contributed by atoms with Gasteiger partial charge in [-0.05, 0) is 57.4 Å². The minimum atomic E-state index is -3.32. The maximum absolute atomic E-state index is 12.0. The Balaban J connectivity index is 2.65. The van der Waals surface area contributed by atoms with Gasteiger partial charge in [-0.2, -0.15) is 0 Å². The molecule has 31 heavy (non-hydrogen) atoms. The number of hydrogen-bond acceptors (Lipinski definition) is 7. The number of nitrogens with two attached hydrogens (primary N) is 1. The molecule has 0 aromatic heterocycles. The Bertz CT molecular complexity index is 889. The average molecular weight is 457 g/mol. The highest BCUT2D eigenvalue weighted by Gasteiger charge is 2.23. The number of amidine groups is 1. The van der Waals surface area contributed by atoms with Crippen LogP contribution in [0.15, 0.2) is 34.3 Å².